The lowest BCUT2D eigenvalue weighted by Gasteiger charge is -2.50. The van der Waals surface area contributed by atoms with Crippen LogP contribution in [0.2, 0.25) is 0 Å². The van der Waals surface area contributed by atoms with Crippen molar-refractivity contribution in [3.63, 3.8) is 0 Å². The Bertz CT molecular complexity index is 3170. The van der Waals surface area contributed by atoms with Gasteiger partial charge in [0.25, 0.3) is 0 Å². The highest BCUT2D eigenvalue weighted by molar-refractivity contribution is 7.25. The molecule has 3 aliphatic heterocycles. The molecule has 0 amide bonds. The molecule has 0 bridgehead atoms. The number of para-hydroxylation sites is 8. The molecule has 62 heavy (non-hydrogen) atoms. The quantitative estimate of drug-likeness (QED) is 0.180. The number of rotatable bonds is 5. The number of hydrogen-bond donors (Lipinski definition) is 2. The fraction of sp³-hybridized carbons (Fsp3) is 0.0943. The van der Waals surface area contributed by atoms with E-state index in [0.717, 1.165) is 68.4 Å². The van der Waals surface area contributed by atoms with Crippen LogP contribution in [-0.2, 0) is 0 Å². The van der Waals surface area contributed by atoms with E-state index >= 15 is 0 Å². The number of nitrogens with two attached hydrogens (primary N) is 2. The van der Waals surface area contributed by atoms with Crippen molar-refractivity contribution in [2.45, 2.75) is 31.2 Å². The van der Waals surface area contributed by atoms with Gasteiger partial charge in [0.15, 0.2) is 23.0 Å². The number of fused-ring (bicyclic) bond motifs is 7. The van der Waals surface area contributed by atoms with Gasteiger partial charge in [0.1, 0.15) is 6.07 Å². The van der Waals surface area contributed by atoms with Crippen molar-refractivity contribution in [3.05, 3.63) is 204 Å². The molecule has 7 aromatic carbocycles. The summed E-state index contributed by atoms with van der Waals surface area (Å²) < 4.78 is 15.6. The van der Waals surface area contributed by atoms with Gasteiger partial charge in [-0.1, -0.05) is 103 Å². The summed E-state index contributed by atoms with van der Waals surface area (Å²) in [6, 6.07) is 61.4. The van der Waals surface area contributed by atoms with Gasteiger partial charge in [-0.15, -0.1) is 11.3 Å². The molecule has 3 atom stereocenters. The second-order valence-electron chi connectivity index (χ2n) is 16.3. The molecule has 4 N–H and O–H groups in total. The Hall–Kier alpha value is -7.48. The maximum atomic E-state index is 11.3. The molecular formula is C53H40N6O2S+2. The number of nitriles is 1. The molecular weight excluding hydrogens is 785 g/mol. The average Bonchev–Trinajstić information content (AvgIpc) is 3.70. The van der Waals surface area contributed by atoms with Gasteiger partial charge in [-0.25, -0.2) is 5.32 Å². The average molecular weight is 825 g/mol. The summed E-state index contributed by atoms with van der Waals surface area (Å²) in [6.45, 7) is 2.30. The van der Waals surface area contributed by atoms with Gasteiger partial charge < -0.3 is 19.3 Å². The molecule has 8 aromatic rings. The highest BCUT2D eigenvalue weighted by Crippen LogP contribution is 2.56. The Kier molecular flexibility index (Phi) is 8.40. The number of amidine groups is 1. The van der Waals surface area contributed by atoms with E-state index in [1.807, 2.05) is 72.0 Å². The molecule has 4 heterocycles. The predicted octanol–water partition coefficient (Wildman–Crippen LogP) is 11.0. The monoisotopic (exact) mass is 824 g/mol. The Morgan fingerprint density at radius 2 is 1.21 bits per heavy atom. The zero-order valence-corrected chi connectivity index (χ0v) is 34.6. The highest BCUT2D eigenvalue weighted by Gasteiger charge is 2.50. The van der Waals surface area contributed by atoms with Gasteiger partial charge in [-0.05, 0) is 79.7 Å². The third-order valence-corrected chi connectivity index (χ3v) is 13.8. The first kappa shape index (κ1) is 36.4. The van der Waals surface area contributed by atoms with E-state index in [0.29, 0.717) is 12.0 Å². The summed E-state index contributed by atoms with van der Waals surface area (Å²) in [5.74, 6) is 3.87. The molecule has 12 rings (SSSR count). The van der Waals surface area contributed by atoms with E-state index in [1.165, 1.54) is 25.7 Å². The second-order valence-corrected chi connectivity index (χ2v) is 17.4. The van der Waals surface area contributed by atoms with Crippen LogP contribution in [0.1, 0.15) is 36.8 Å². The number of anilines is 4. The largest absolute Gasteiger partial charge is 0.453 e. The number of ether oxygens (including phenoxy) is 2. The van der Waals surface area contributed by atoms with Crippen LogP contribution < -0.4 is 29.9 Å². The standard InChI is InChI=1S/C53H38N6O2S/c1-53(59-41-20-8-12-24-46(41)61-47-25-13-9-21-42(47)59)31-43(58-39-18-6-10-22-44(39)60-45-23-11-7-19-40(45)58)35(32-54)29-38(53)52-56-50(33-15-3-2-4-16-33)55-51(57-52)34-27-28-37-36-17-5-14-26-48(36)62-49(37)30-34/h2-30,50-51,55H,31H2,1H3,(H,56,57)/p+2. The van der Waals surface area contributed by atoms with Crippen molar-refractivity contribution in [2.24, 2.45) is 4.99 Å². The van der Waals surface area contributed by atoms with Gasteiger partial charge in [0.05, 0.1) is 45.0 Å². The van der Waals surface area contributed by atoms with Gasteiger partial charge >= 0.3 is 0 Å². The van der Waals surface area contributed by atoms with Crippen molar-refractivity contribution in [1.29, 1.82) is 5.26 Å². The molecule has 1 aromatic heterocycles. The van der Waals surface area contributed by atoms with Crippen molar-refractivity contribution in [3.8, 4) is 29.1 Å². The first-order valence-corrected chi connectivity index (χ1v) is 21.8. The molecule has 1 aliphatic carbocycles. The summed E-state index contributed by atoms with van der Waals surface area (Å²) in [6.07, 6.45) is 2.26. The fourth-order valence-corrected chi connectivity index (χ4v) is 10.9. The maximum Gasteiger partial charge on any atom is 0.244 e. The first-order chi connectivity index (χ1) is 30.5. The topological polar surface area (TPSA) is 94.3 Å². The predicted molar refractivity (Wildman–Crippen MR) is 246 cm³/mol. The van der Waals surface area contributed by atoms with Crippen molar-refractivity contribution in [2.75, 3.05) is 9.80 Å². The third-order valence-electron chi connectivity index (χ3n) is 12.6. The molecule has 8 nitrogen and oxygen atoms in total. The van der Waals surface area contributed by atoms with Crippen molar-refractivity contribution < 1.29 is 20.1 Å². The van der Waals surface area contributed by atoms with Crippen LogP contribution in [-0.4, -0.2) is 11.4 Å². The Morgan fingerprint density at radius 3 is 1.87 bits per heavy atom. The molecule has 298 valence electrons. The van der Waals surface area contributed by atoms with Crippen LogP contribution in [0.25, 0.3) is 20.2 Å². The fourth-order valence-electron chi connectivity index (χ4n) is 9.79. The zero-order chi connectivity index (χ0) is 41.4. The normalized spacial score (nSPS) is 20.2. The number of allylic oxidation sites excluding steroid dienone is 2. The minimum atomic E-state index is -0.804. The molecule has 4 aliphatic rings. The van der Waals surface area contributed by atoms with Crippen LogP contribution in [0.5, 0.6) is 23.0 Å². The van der Waals surface area contributed by atoms with Gasteiger partial charge in [0.2, 0.25) is 18.2 Å². The van der Waals surface area contributed by atoms with E-state index in [9.17, 15) is 5.26 Å². The second kappa shape index (κ2) is 14.3. The van der Waals surface area contributed by atoms with E-state index < -0.39 is 5.54 Å². The Balaban J connectivity index is 1.09. The molecule has 0 spiro atoms. The third kappa shape index (κ3) is 5.76. The minimum Gasteiger partial charge on any atom is -0.453 e. The minimum absolute atomic E-state index is 0.0642. The zero-order valence-electron chi connectivity index (χ0n) is 33.8. The van der Waals surface area contributed by atoms with Crippen LogP contribution in [0, 0.1) is 11.3 Å². The van der Waals surface area contributed by atoms with Gasteiger partial charge in [-0.2, -0.15) is 10.3 Å². The summed E-state index contributed by atoms with van der Waals surface area (Å²) in [5.41, 5.74) is 7.57. The number of aliphatic imine (C=N–C) groups is 1. The van der Waals surface area contributed by atoms with Crippen molar-refractivity contribution >= 4 is 60.1 Å². The van der Waals surface area contributed by atoms with E-state index in [2.05, 4.69) is 149 Å². The van der Waals surface area contributed by atoms with Crippen LogP contribution in [0.3, 0.4) is 0 Å². The number of quaternary nitrogens is 2. The molecule has 0 radical (unpaired) electrons. The lowest BCUT2D eigenvalue weighted by molar-refractivity contribution is -0.901. The summed E-state index contributed by atoms with van der Waals surface area (Å²) in [5, 5.41) is 18.6. The maximum absolute atomic E-state index is 11.3. The molecule has 9 heteroatoms. The summed E-state index contributed by atoms with van der Waals surface area (Å²) >= 11 is 1.84. The van der Waals surface area contributed by atoms with E-state index in [1.54, 1.807) is 0 Å². The summed E-state index contributed by atoms with van der Waals surface area (Å²) in [7, 11) is 0. The lowest BCUT2D eigenvalue weighted by Crippen LogP contribution is -3.10. The molecule has 0 saturated heterocycles. The first-order valence-electron chi connectivity index (χ1n) is 21.0. The Morgan fingerprint density at radius 1 is 0.645 bits per heavy atom. The molecule has 0 saturated carbocycles. The Labute approximate surface area is 362 Å². The lowest BCUT2D eigenvalue weighted by atomic mass is 9.76. The van der Waals surface area contributed by atoms with E-state index in [-0.39, 0.29) is 12.3 Å². The SMILES string of the molecule is CC1(N2c3ccccc3Oc3ccccc32)CC(N2c3ccccc3Oc3ccccc32)=C(C#N)C=C1C1=NC(c2ccccc2)[NH2+]C(c2ccc3c(c2)sc2ccccc23)[NH2+]1. The highest BCUT2D eigenvalue weighted by atomic mass is 32.1. The van der Waals surface area contributed by atoms with Crippen LogP contribution in [0.4, 0.5) is 22.7 Å². The van der Waals surface area contributed by atoms with E-state index in [4.69, 9.17) is 14.5 Å². The van der Waals surface area contributed by atoms with Gasteiger partial charge in [0, 0.05) is 37.9 Å². The van der Waals surface area contributed by atoms with Gasteiger partial charge in [-0.3, -0.25) is 5.32 Å². The smallest absolute Gasteiger partial charge is 0.244 e. The van der Waals surface area contributed by atoms with Crippen LogP contribution in [0.15, 0.2) is 198 Å². The number of benzene rings is 7. The molecule has 0 fully saturated rings. The number of thiophene rings is 1. The number of nitrogens with zero attached hydrogens (tertiary/aromatic N) is 4. The van der Waals surface area contributed by atoms with Crippen molar-refractivity contribution in [1.82, 2.24) is 0 Å². The summed E-state index contributed by atoms with van der Waals surface area (Å²) in [4.78, 5) is 10.3. The van der Waals surface area contributed by atoms with Crippen LogP contribution >= 0.6 is 11.3 Å². The molecule has 3 unspecified atom stereocenters. The number of hydrogen-bond acceptors (Lipinski definition) is 7.